The highest BCUT2D eigenvalue weighted by Crippen LogP contribution is 2.28. The Morgan fingerprint density at radius 1 is 1.17 bits per heavy atom. The Labute approximate surface area is 143 Å². The summed E-state index contributed by atoms with van der Waals surface area (Å²) in [6, 6.07) is 6.21. The number of rotatable bonds is 2. The average molecular weight is 330 g/mol. The van der Waals surface area contributed by atoms with E-state index in [1.807, 2.05) is 23.2 Å². The van der Waals surface area contributed by atoms with E-state index in [4.69, 9.17) is 0 Å². The summed E-state index contributed by atoms with van der Waals surface area (Å²) in [4.78, 5) is 23.9. The van der Waals surface area contributed by atoms with Gasteiger partial charge in [0, 0.05) is 57.4 Å². The first kappa shape index (κ1) is 15.8. The molecular formula is C17H26N6O. The smallest absolute Gasteiger partial charge is 0.241 e. The lowest BCUT2D eigenvalue weighted by atomic mass is 9.86. The van der Waals surface area contributed by atoms with E-state index in [2.05, 4.69) is 38.7 Å². The summed E-state index contributed by atoms with van der Waals surface area (Å²) in [7, 11) is 2.11. The quantitative estimate of drug-likeness (QED) is 0.764. The van der Waals surface area contributed by atoms with Crippen LogP contribution in [0.3, 0.4) is 0 Å². The molecule has 3 unspecified atom stereocenters. The second-order valence-corrected chi connectivity index (χ2v) is 7.09. The van der Waals surface area contributed by atoms with Crippen LogP contribution in [-0.4, -0.2) is 79.1 Å². The molecule has 2 N–H and O–H groups in total. The molecule has 3 aliphatic heterocycles. The van der Waals surface area contributed by atoms with Crippen molar-refractivity contribution in [3.05, 3.63) is 24.4 Å². The lowest BCUT2D eigenvalue weighted by molar-refractivity contribution is -0.135. The van der Waals surface area contributed by atoms with Crippen molar-refractivity contribution in [2.45, 2.75) is 18.5 Å². The molecule has 0 aliphatic carbocycles. The normalized spacial score (nSPS) is 31.1. The minimum Gasteiger partial charge on any atom is -0.355 e. The summed E-state index contributed by atoms with van der Waals surface area (Å²) in [5.74, 6) is 1.64. The zero-order chi connectivity index (χ0) is 16.5. The van der Waals surface area contributed by atoms with Crippen molar-refractivity contribution < 1.29 is 4.79 Å². The molecule has 3 atom stereocenters. The number of amides is 1. The second-order valence-electron chi connectivity index (χ2n) is 7.09. The summed E-state index contributed by atoms with van der Waals surface area (Å²) >= 11 is 0. The van der Waals surface area contributed by atoms with Gasteiger partial charge in [0.1, 0.15) is 11.9 Å². The Morgan fingerprint density at radius 2 is 2.00 bits per heavy atom. The van der Waals surface area contributed by atoms with Crippen molar-refractivity contribution in [3.63, 3.8) is 0 Å². The van der Waals surface area contributed by atoms with E-state index in [0.717, 1.165) is 51.5 Å². The Kier molecular flexibility index (Phi) is 4.39. The van der Waals surface area contributed by atoms with E-state index in [9.17, 15) is 4.79 Å². The van der Waals surface area contributed by atoms with Gasteiger partial charge in [-0.2, -0.15) is 0 Å². The van der Waals surface area contributed by atoms with Crippen LogP contribution in [0.5, 0.6) is 0 Å². The van der Waals surface area contributed by atoms with Crippen molar-refractivity contribution in [2.75, 3.05) is 51.2 Å². The van der Waals surface area contributed by atoms with Gasteiger partial charge in [0.2, 0.25) is 5.91 Å². The fourth-order valence-corrected chi connectivity index (χ4v) is 4.04. The number of nitrogens with zero attached hydrogens (tertiary/aromatic N) is 4. The molecular weight excluding hydrogens is 304 g/mol. The number of anilines is 1. The fourth-order valence-electron chi connectivity index (χ4n) is 4.04. The number of pyridine rings is 1. The summed E-state index contributed by atoms with van der Waals surface area (Å²) in [5.41, 5.74) is 6.64. The molecule has 7 heteroatoms. The maximum atomic E-state index is 12.9. The molecule has 3 saturated heterocycles. The average Bonchev–Trinajstić information content (AvgIpc) is 3.05. The number of likely N-dealkylation sites (N-methyl/N-ethyl adjacent to an activating group) is 1. The number of carbonyl (C=O) groups is 1. The highest BCUT2D eigenvalue weighted by Gasteiger charge is 2.44. The summed E-state index contributed by atoms with van der Waals surface area (Å²) < 4.78 is 0. The van der Waals surface area contributed by atoms with Crippen molar-refractivity contribution in [3.8, 4) is 0 Å². The van der Waals surface area contributed by atoms with Crippen LogP contribution in [-0.2, 0) is 4.79 Å². The molecule has 3 aliphatic rings. The predicted molar refractivity (Wildman–Crippen MR) is 92.5 cm³/mol. The van der Waals surface area contributed by atoms with Gasteiger partial charge in [-0.05, 0) is 25.6 Å². The highest BCUT2D eigenvalue weighted by molar-refractivity contribution is 5.83. The number of fused-ring (bicyclic) bond motifs is 1. The molecule has 0 radical (unpaired) electrons. The number of hydrazine groups is 1. The van der Waals surface area contributed by atoms with Crippen molar-refractivity contribution in [2.24, 2.45) is 5.92 Å². The summed E-state index contributed by atoms with van der Waals surface area (Å²) in [6.07, 6.45) is 2.84. The molecule has 3 fully saturated rings. The van der Waals surface area contributed by atoms with Gasteiger partial charge >= 0.3 is 0 Å². The van der Waals surface area contributed by atoms with Crippen LogP contribution in [0, 0.1) is 5.92 Å². The lowest BCUT2D eigenvalue weighted by Gasteiger charge is -2.38. The monoisotopic (exact) mass is 330 g/mol. The van der Waals surface area contributed by atoms with E-state index in [-0.39, 0.29) is 11.9 Å². The molecule has 0 spiro atoms. The van der Waals surface area contributed by atoms with Gasteiger partial charge in [0.25, 0.3) is 0 Å². The van der Waals surface area contributed by atoms with Gasteiger partial charge in [-0.25, -0.2) is 10.4 Å². The van der Waals surface area contributed by atoms with E-state index < -0.39 is 0 Å². The van der Waals surface area contributed by atoms with E-state index in [1.54, 1.807) is 0 Å². The molecule has 1 aromatic rings. The number of hydrogen-bond acceptors (Lipinski definition) is 6. The molecule has 7 nitrogen and oxygen atoms in total. The van der Waals surface area contributed by atoms with Crippen LogP contribution >= 0.6 is 0 Å². The second kappa shape index (κ2) is 6.66. The molecule has 0 bridgehead atoms. The molecule has 0 saturated carbocycles. The molecule has 0 aromatic carbocycles. The van der Waals surface area contributed by atoms with Crippen LogP contribution in [0.1, 0.15) is 6.42 Å². The van der Waals surface area contributed by atoms with Crippen molar-refractivity contribution in [1.29, 1.82) is 0 Å². The third kappa shape index (κ3) is 2.99. The minimum atomic E-state index is -0.0933. The molecule has 1 amide bonds. The number of aromatic nitrogens is 1. The van der Waals surface area contributed by atoms with Gasteiger partial charge < -0.3 is 14.7 Å². The number of piperidine rings is 1. The van der Waals surface area contributed by atoms with Crippen LogP contribution in [0.2, 0.25) is 0 Å². The summed E-state index contributed by atoms with van der Waals surface area (Å²) in [6.45, 7) is 5.45. The maximum absolute atomic E-state index is 12.9. The third-order valence-corrected chi connectivity index (χ3v) is 5.57. The first-order valence-electron chi connectivity index (χ1n) is 8.87. The Bertz CT molecular complexity index is 574. The van der Waals surface area contributed by atoms with E-state index in [1.165, 1.54) is 0 Å². The Morgan fingerprint density at radius 3 is 2.75 bits per heavy atom. The topological polar surface area (TPSA) is 63.7 Å². The van der Waals surface area contributed by atoms with Crippen LogP contribution in [0.25, 0.3) is 0 Å². The van der Waals surface area contributed by atoms with Crippen LogP contribution in [0.15, 0.2) is 24.4 Å². The van der Waals surface area contributed by atoms with Crippen LogP contribution in [0.4, 0.5) is 5.82 Å². The van der Waals surface area contributed by atoms with Gasteiger partial charge in [0.05, 0.1) is 0 Å². The minimum absolute atomic E-state index is 0.0933. The standard InChI is InChI=1S/C17H26N6O/c1-21-8-10-22(11-9-21)17(24)16-13-5-7-23(12-14(13)19-20-16)15-4-2-3-6-18-15/h2-4,6,13-14,16,19-20H,5,7-12H2,1H3. The number of nitrogens with one attached hydrogen (secondary N) is 2. The first-order chi connectivity index (χ1) is 11.7. The molecule has 1 aromatic heterocycles. The number of hydrogen-bond donors (Lipinski definition) is 2. The fraction of sp³-hybridized carbons (Fsp3) is 0.647. The zero-order valence-electron chi connectivity index (χ0n) is 14.2. The molecule has 24 heavy (non-hydrogen) atoms. The van der Waals surface area contributed by atoms with Gasteiger partial charge in [-0.1, -0.05) is 6.07 Å². The van der Waals surface area contributed by atoms with Crippen molar-refractivity contribution in [1.82, 2.24) is 25.6 Å². The van der Waals surface area contributed by atoms with E-state index in [0.29, 0.717) is 12.0 Å². The highest BCUT2D eigenvalue weighted by atomic mass is 16.2. The largest absolute Gasteiger partial charge is 0.355 e. The summed E-state index contributed by atoms with van der Waals surface area (Å²) in [5, 5.41) is 0. The van der Waals surface area contributed by atoms with Crippen LogP contribution < -0.4 is 15.8 Å². The SMILES string of the molecule is CN1CCN(C(=O)C2NNC3CN(c4ccccn4)CCC32)CC1. The maximum Gasteiger partial charge on any atom is 0.241 e. The van der Waals surface area contributed by atoms with Crippen molar-refractivity contribution >= 4 is 11.7 Å². The van der Waals surface area contributed by atoms with E-state index >= 15 is 0 Å². The third-order valence-electron chi connectivity index (χ3n) is 5.57. The lowest BCUT2D eigenvalue weighted by Crippen LogP contribution is -2.54. The zero-order valence-corrected chi connectivity index (χ0v) is 14.2. The Balaban J connectivity index is 1.39. The number of piperazine rings is 1. The van der Waals surface area contributed by atoms with Gasteiger partial charge in [-0.15, -0.1) is 0 Å². The molecule has 130 valence electrons. The van der Waals surface area contributed by atoms with Gasteiger partial charge in [-0.3, -0.25) is 10.2 Å². The van der Waals surface area contributed by atoms with Gasteiger partial charge in [0.15, 0.2) is 0 Å². The first-order valence-corrected chi connectivity index (χ1v) is 8.87. The molecule has 4 heterocycles. The Hall–Kier alpha value is -1.70. The predicted octanol–water partition coefficient (Wildman–Crippen LogP) is -0.473. The number of carbonyl (C=O) groups excluding carboxylic acids is 1. The molecule has 4 rings (SSSR count).